The average molecular weight is 204 g/mol. The first-order chi connectivity index (χ1) is 7.16. The summed E-state index contributed by atoms with van der Waals surface area (Å²) in [7, 11) is 1.57. The molecule has 0 aromatic heterocycles. The van der Waals surface area contributed by atoms with Crippen molar-refractivity contribution >= 4 is 17.5 Å². The van der Waals surface area contributed by atoms with Gasteiger partial charge in [-0.15, -0.1) is 6.42 Å². The highest BCUT2D eigenvalue weighted by Crippen LogP contribution is 2.21. The Hall–Kier alpha value is -2.15. The van der Waals surface area contributed by atoms with Crippen molar-refractivity contribution in [3.63, 3.8) is 0 Å². The van der Waals surface area contributed by atoms with Crippen LogP contribution >= 0.6 is 0 Å². The molecule has 1 aromatic carbocycles. The van der Waals surface area contributed by atoms with Crippen LogP contribution in [0.2, 0.25) is 0 Å². The van der Waals surface area contributed by atoms with Crippen LogP contribution in [0.1, 0.15) is 0 Å². The van der Waals surface area contributed by atoms with Gasteiger partial charge in [-0.2, -0.15) is 0 Å². The lowest BCUT2D eigenvalue weighted by Gasteiger charge is -2.17. The number of terminal acetylenes is 1. The molecule has 0 aliphatic rings. The Morgan fingerprint density at radius 2 is 2.27 bits per heavy atom. The SMILES string of the molecule is C#CCOC(=O)N(C)c1ccccc1N. The molecule has 0 aliphatic heterocycles. The molecule has 0 radical (unpaired) electrons. The van der Waals surface area contributed by atoms with Gasteiger partial charge in [0.05, 0.1) is 11.4 Å². The molecule has 1 rings (SSSR count). The van der Waals surface area contributed by atoms with Gasteiger partial charge >= 0.3 is 6.09 Å². The van der Waals surface area contributed by atoms with Crippen LogP contribution < -0.4 is 10.6 Å². The van der Waals surface area contributed by atoms with Gasteiger partial charge in [0.25, 0.3) is 0 Å². The highest BCUT2D eigenvalue weighted by molar-refractivity contribution is 5.90. The molecule has 4 heteroatoms. The molecule has 0 saturated carbocycles. The maximum atomic E-state index is 11.4. The van der Waals surface area contributed by atoms with Gasteiger partial charge in [-0.05, 0) is 12.1 Å². The van der Waals surface area contributed by atoms with E-state index in [4.69, 9.17) is 16.9 Å². The van der Waals surface area contributed by atoms with Crippen molar-refractivity contribution in [2.75, 3.05) is 24.3 Å². The van der Waals surface area contributed by atoms with Gasteiger partial charge in [0.2, 0.25) is 0 Å². The van der Waals surface area contributed by atoms with Gasteiger partial charge in [0, 0.05) is 7.05 Å². The van der Waals surface area contributed by atoms with E-state index < -0.39 is 6.09 Å². The van der Waals surface area contributed by atoms with E-state index in [1.807, 2.05) is 0 Å². The number of hydrogen-bond donors (Lipinski definition) is 1. The zero-order chi connectivity index (χ0) is 11.3. The fourth-order valence-corrected chi connectivity index (χ4v) is 1.09. The molecule has 4 nitrogen and oxygen atoms in total. The number of anilines is 2. The normalized spacial score (nSPS) is 9.07. The summed E-state index contributed by atoms with van der Waals surface area (Å²) >= 11 is 0. The first kappa shape index (κ1) is 10.9. The summed E-state index contributed by atoms with van der Waals surface area (Å²) in [6, 6.07) is 7.02. The summed E-state index contributed by atoms with van der Waals surface area (Å²) in [5.41, 5.74) is 6.81. The molecular formula is C11H12N2O2. The molecule has 1 amide bonds. The lowest BCUT2D eigenvalue weighted by atomic mass is 10.2. The Labute approximate surface area is 88.6 Å². The molecule has 0 bridgehead atoms. The number of nitrogen functional groups attached to an aromatic ring is 1. The van der Waals surface area contributed by atoms with Crippen LogP contribution in [-0.4, -0.2) is 19.7 Å². The Bertz CT molecular complexity index is 396. The van der Waals surface area contributed by atoms with E-state index in [0.717, 1.165) is 0 Å². The summed E-state index contributed by atoms with van der Waals surface area (Å²) in [5, 5.41) is 0. The van der Waals surface area contributed by atoms with Crippen molar-refractivity contribution in [3.8, 4) is 12.3 Å². The van der Waals surface area contributed by atoms with Crippen LogP contribution in [0.3, 0.4) is 0 Å². The fourth-order valence-electron chi connectivity index (χ4n) is 1.09. The van der Waals surface area contributed by atoms with Crippen molar-refractivity contribution in [2.45, 2.75) is 0 Å². The van der Waals surface area contributed by atoms with E-state index in [1.165, 1.54) is 4.90 Å². The smallest absolute Gasteiger partial charge is 0.415 e. The van der Waals surface area contributed by atoms with Crippen LogP contribution in [0.4, 0.5) is 16.2 Å². The standard InChI is InChI=1S/C11H12N2O2/c1-3-8-15-11(14)13(2)10-7-5-4-6-9(10)12/h1,4-7H,8,12H2,2H3. The molecule has 1 aromatic rings. The summed E-state index contributed by atoms with van der Waals surface area (Å²) in [6.45, 7) is -0.0457. The Balaban J connectivity index is 2.77. The monoisotopic (exact) mass is 204 g/mol. The molecule has 2 N–H and O–H groups in total. The zero-order valence-corrected chi connectivity index (χ0v) is 8.43. The van der Waals surface area contributed by atoms with Crippen molar-refractivity contribution < 1.29 is 9.53 Å². The molecule has 15 heavy (non-hydrogen) atoms. The fraction of sp³-hybridized carbons (Fsp3) is 0.182. The number of benzene rings is 1. The molecule has 0 atom stereocenters. The first-order valence-corrected chi connectivity index (χ1v) is 4.35. The van der Waals surface area contributed by atoms with Crippen molar-refractivity contribution in [1.29, 1.82) is 0 Å². The molecule has 78 valence electrons. The number of nitrogens with zero attached hydrogens (tertiary/aromatic N) is 1. The van der Waals surface area contributed by atoms with E-state index in [1.54, 1.807) is 31.3 Å². The number of carbonyl (C=O) groups is 1. The topological polar surface area (TPSA) is 55.6 Å². The minimum absolute atomic E-state index is 0.0457. The van der Waals surface area contributed by atoms with Gasteiger partial charge < -0.3 is 10.5 Å². The van der Waals surface area contributed by atoms with Gasteiger partial charge in [-0.25, -0.2) is 4.79 Å². The van der Waals surface area contributed by atoms with Crippen LogP contribution in [0.25, 0.3) is 0 Å². The number of amides is 1. The molecule has 0 heterocycles. The zero-order valence-electron chi connectivity index (χ0n) is 8.43. The number of ether oxygens (including phenoxy) is 1. The third-order valence-corrected chi connectivity index (χ3v) is 1.85. The second-order valence-electron chi connectivity index (χ2n) is 2.88. The molecule has 0 fully saturated rings. The van der Waals surface area contributed by atoms with Gasteiger partial charge in [0.15, 0.2) is 6.61 Å². The second-order valence-corrected chi connectivity index (χ2v) is 2.88. The Morgan fingerprint density at radius 3 is 2.87 bits per heavy atom. The summed E-state index contributed by atoms with van der Waals surface area (Å²) < 4.78 is 4.76. The molecule has 0 saturated heterocycles. The predicted molar refractivity (Wildman–Crippen MR) is 59.4 cm³/mol. The third kappa shape index (κ3) is 2.64. The minimum Gasteiger partial charge on any atom is -0.436 e. The number of nitrogens with two attached hydrogens (primary N) is 1. The molecular weight excluding hydrogens is 192 g/mol. The Kier molecular flexibility index (Phi) is 3.58. The maximum Gasteiger partial charge on any atom is 0.415 e. The maximum absolute atomic E-state index is 11.4. The molecule has 0 unspecified atom stereocenters. The third-order valence-electron chi connectivity index (χ3n) is 1.85. The second kappa shape index (κ2) is 4.91. The summed E-state index contributed by atoms with van der Waals surface area (Å²) in [5.74, 6) is 2.22. The lowest BCUT2D eigenvalue weighted by molar-refractivity contribution is 0.169. The van der Waals surface area contributed by atoms with Gasteiger partial charge in [-0.1, -0.05) is 18.1 Å². The quantitative estimate of drug-likeness (QED) is 0.586. The lowest BCUT2D eigenvalue weighted by Crippen LogP contribution is -2.27. The summed E-state index contributed by atoms with van der Waals surface area (Å²) in [6.07, 6.45) is 4.45. The highest BCUT2D eigenvalue weighted by Gasteiger charge is 2.13. The van der Waals surface area contributed by atoms with Crippen molar-refractivity contribution in [1.82, 2.24) is 0 Å². The van der Waals surface area contributed by atoms with E-state index in [-0.39, 0.29) is 6.61 Å². The van der Waals surface area contributed by atoms with Crippen LogP contribution in [0.5, 0.6) is 0 Å². The van der Waals surface area contributed by atoms with Crippen LogP contribution in [-0.2, 0) is 4.74 Å². The average Bonchev–Trinajstić information content (AvgIpc) is 2.25. The Morgan fingerprint density at radius 1 is 1.60 bits per heavy atom. The van der Waals surface area contributed by atoms with Crippen molar-refractivity contribution in [2.24, 2.45) is 0 Å². The van der Waals surface area contributed by atoms with Crippen LogP contribution in [0.15, 0.2) is 24.3 Å². The van der Waals surface area contributed by atoms with Crippen LogP contribution in [0, 0.1) is 12.3 Å². The highest BCUT2D eigenvalue weighted by atomic mass is 16.6. The predicted octanol–water partition coefficient (Wildman–Crippen LogP) is 1.47. The van der Waals surface area contributed by atoms with Crippen molar-refractivity contribution in [3.05, 3.63) is 24.3 Å². The van der Waals surface area contributed by atoms with E-state index in [0.29, 0.717) is 11.4 Å². The largest absolute Gasteiger partial charge is 0.436 e. The first-order valence-electron chi connectivity index (χ1n) is 4.35. The minimum atomic E-state index is -0.522. The van der Waals surface area contributed by atoms with Gasteiger partial charge in [0.1, 0.15) is 0 Å². The number of hydrogen-bond acceptors (Lipinski definition) is 3. The van der Waals surface area contributed by atoms with E-state index in [2.05, 4.69) is 5.92 Å². The van der Waals surface area contributed by atoms with E-state index >= 15 is 0 Å². The van der Waals surface area contributed by atoms with Gasteiger partial charge in [-0.3, -0.25) is 4.90 Å². The molecule has 0 aliphatic carbocycles. The molecule has 0 spiro atoms. The number of carbonyl (C=O) groups excluding carboxylic acids is 1. The summed E-state index contributed by atoms with van der Waals surface area (Å²) in [4.78, 5) is 12.7. The number of para-hydroxylation sites is 2. The number of rotatable bonds is 2. The van der Waals surface area contributed by atoms with E-state index in [9.17, 15) is 4.79 Å².